The van der Waals surface area contributed by atoms with Gasteiger partial charge in [-0.25, -0.2) is 4.39 Å². The van der Waals surface area contributed by atoms with E-state index in [1.54, 1.807) is 30.5 Å². The van der Waals surface area contributed by atoms with Gasteiger partial charge in [-0.3, -0.25) is 4.90 Å². The number of oxime groups is 1. The molecule has 32 heavy (non-hydrogen) atoms. The molecule has 6 nitrogen and oxygen atoms in total. The highest BCUT2D eigenvalue weighted by Crippen LogP contribution is 2.20. The molecule has 0 saturated heterocycles. The van der Waals surface area contributed by atoms with Crippen molar-refractivity contribution in [2.24, 2.45) is 5.16 Å². The van der Waals surface area contributed by atoms with Crippen LogP contribution in [-0.4, -0.2) is 47.6 Å². The quantitative estimate of drug-likeness (QED) is 0.490. The van der Waals surface area contributed by atoms with Crippen LogP contribution in [0.2, 0.25) is 0 Å². The fourth-order valence-corrected chi connectivity index (χ4v) is 3.75. The maximum Gasteiger partial charge on any atom is 0.145 e. The van der Waals surface area contributed by atoms with Gasteiger partial charge in [0.2, 0.25) is 0 Å². The van der Waals surface area contributed by atoms with E-state index in [0.29, 0.717) is 43.9 Å². The third-order valence-corrected chi connectivity index (χ3v) is 5.23. The molecule has 7 heteroatoms. The van der Waals surface area contributed by atoms with E-state index in [9.17, 15) is 9.50 Å². The second-order valence-electron chi connectivity index (χ2n) is 7.88. The third-order valence-electron chi connectivity index (χ3n) is 5.23. The molecule has 1 aromatic heterocycles. The molecule has 0 spiro atoms. The average Bonchev–Trinajstić information content (AvgIpc) is 3.47. The smallest absolute Gasteiger partial charge is 0.145 e. The molecule has 0 unspecified atom stereocenters. The molecular formula is C25H27FN2O4. The van der Waals surface area contributed by atoms with E-state index in [4.69, 9.17) is 14.0 Å². The Labute approximate surface area is 186 Å². The number of hydrogen-bond donors (Lipinski definition) is 1. The first-order valence-electron chi connectivity index (χ1n) is 10.7. The summed E-state index contributed by atoms with van der Waals surface area (Å²) in [7, 11) is 0. The first-order chi connectivity index (χ1) is 15.7. The Morgan fingerprint density at radius 3 is 2.69 bits per heavy atom. The van der Waals surface area contributed by atoms with Gasteiger partial charge in [-0.2, -0.15) is 0 Å². The van der Waals surface area contributed by atoms with E-state index in [-0.39, 0.29) is 18.5 Å². The summed E-state index contributed by atoms with van der Waals surface area (Å²) in [6.45, 7) is 2.10. The minimum absolute atomic E-state index is 0.189. The van der Waals surface area contributed by atoms with Gasteiger partial charge in [0.25, 0.3) is 0 Å². The first kappa shape index (κ1) is 22.2. The maximum atomic E-state index is 14.1. The molecule has 1 aliphatic rings. The molecule has 168 valence electrons. The van der Waals surface area contributed by atoms with Crippen molar-refractivity contribution in [2.45, 2.75) is 31.8 Å². The average molecular weight is 438 g/mol. The van der Waals surface area contributed by atoms with Crippen LogP contribution in [0.15, 0.2) is 82.6 Å². The van der Waals surface area contributed by atoms with Gasteiger partial charge in [0.1, 0.15) is 24.3 Å². The van der Waals surface area contributed by atoms with Gasteiger partial charge < -0.3 is 19.1 Å². The lowest BCUT2D eigenvalue weighted by Gasteiger charge is -2.27. The number of nitrogens with zero attached hydrogens (tertiary/aromatic N) is 2. The minimum atomic E-state index is -0.679. The molecule has 2 aromatic carbocycles. The number of hydrogen-bond acceptors (Lipinski definition) is 6. The van der Waals surface area contributed by atoms with Crippen LogP contribution in [-0.2, 0) is 22.7 Å². The van der Waals surface area contributed by atoms with Crippen LogP contribution in [0.3, 0.4) is 0 Å². The zero-order chi connectivity index (χ0) is 22.2. The summed E-state index contributed by atoms with van der Waals surface area (Å²) in [5.41, 5.74) is 2.20. The normalized spacial score (nSPS) is 16.7. The lowest BCUT2D eigenvalue weighted by molar-refractivity contribution is -0.00955. The fourth-order valence-electron chi connectivity index (χ4n) is 3.75. The van der Waals surface area contributed by atoms with E-state index < -0.39 is 6.10 Å². The van der Waals surface area contributed by atoms with E-state index in [1.807, 2.05) is 36.4 Å². The summed E-state index contributed by atoms with van der Waals surface area (Å²) in [6, 6.07) is 20.2. The van der Waals surface area contributed by atoms with E-state index >= 15 is 0 Å². The Bertz CT molecular complexity index is 994. The molecule has 1 aliphatic heterocycles. The van der Waals surface area contributed by atoms with Crippen molar-refractivity contribution in [1.29, 1.82) is 0 Å². The summed E-state index contributed by atoms with van der Waals surface area (Å²) in [6.07, 6.45) is 1.21. The summed E-state index contributed by atoms with van der Waals surface area (Å²) in [4.78, 5) is 7.72. The van der Waals surface area contributed by atoms with Gasteiger partial charge in [0, 0.05) is 31.6 Å². The van der Waals surface area contributed by atoms with Crippen molar-refractivity contribution in [3.05, 3.63) is 95.7 Å². The molecule has 2 heterocycles. The third kappa shape index (κ3) is 6.26. The number of benzene rings is 2. The zero-order valence-corrected chi connectivity index (χ0v) is 17.8. The van der Waals surface area contributed by atoms with Crippen molar-refractivity contribution in [1.82, 2.24) is 4.90 Å². The maximum absolute atomic E-state index is 14.1. The summed E-state index contributed by atoms with van der Waals surface area (Å²) < 4.78 is 24.9. The molecule has 0 radical (unpaired) electrons. The molecule has 0 amide bonds. The van der Waals surface area contributed by atoms with Crippen molar-refractivity contribution < 1.29 is 23.5 Å². The topological polar surface area (TPSA) is 67.4 Å². The highest BCUT2D eigenvalue weighted by atomic mass is 19.1. The Balaban J connectivity index is 1.33. The molecule has 4 rings (SSSR count). The molecular weight excluding hydrogens is 411 g/mol. The van der Waals surface area contributed by atoms with Crippen molar-refractivity contribution in [3.63, 3.8) is 0 Å². The Hall–Kier alpha value is -3.00. The molecule has 0 fully saturated rings. The van der Waals surface area contributed by atoms with Crippen LogP contribution in [0.1, 0.15) is 23.3 Å². The van der Waals surface area contributed by atoms with Crippen LogP contribution in [0, 0.1) is 5.82 Å². The molecule has 0 saturated carbocycles. The highest BCUT2D eigenvalue weighted by molar-refractivity contribution is 6.01. The highest BCUT2D eigenvalue weighted by Gasteiger charge is 2.27. The molecule has 3 aromatic rings. The summed E-state index contributed by atoms with van der Waals surface area (Å²) >= 11 is 0. The number of ether oxygens (including phenoxy) is 1. The van der Waals surface area contributed by atoms with Gasteiger partial charge >= 0.3 is 0 Å². The van der Waals surface area contributed by atoms with E-state index in [1.165, 1.54) is 6.07 Å². The minimum Gasteiger partial charge on any atom is -0.467 e. The first-order valence-corrected chi connectivity index (χ1v) is 10.7. The Kier molecular flexibility index (Phi) is 7.66. The van der Waals surface area contributed by atoms with E-state index in [2.05, 4.69) is 10.1 Å². The number of furan rings is 1. The lowest BCUT2D eigenvalue weighted by Crippen LogP contribution is -2.39. The Morgan fingerprint density at radius 2 is 1.91 bits per heavy atom. The van der Waals surface area contributed by atoms with Gasteiger partial charge in [-0.1, -0.05) is 53.7 Å². The van der Waals surface area contributed by atoms with Crippen LogP contribution < -0.4 is 0 Å². The lowest BCUT2D eigenvalue weighted by atomic mass is 10.0. The fraction of sp³-hybridized carbons (Fsp3) is 0.320. The predicted octanol–water partition coefficient (Wildman–Crippen LogP) is 3.99. The number of aliphatic hydroxyl groups excluding tert-OH is 1. The van der Waals surface area contributed by atoms with Gasteiger partial charge in [0.15, 0.2) is 0 Å². The number of rotatable bonds is 11. The van der Waals surface area contributed by atoms with Crippen molar-refractivity contribution >= 4 is 5.71 Å². The van der Waals surface area contributed by atoms with Crippen LogP contribution in [0.4, 0.5) is 4.39 Å². The summed E-state index contributed by atoms with van der Waals surface area (Å²) in [5, 5.41) is 14.7. The van der Waals surface area contributed by atoms with Crippen molar-refractivity contribution in [3.8, 4) is 0 Å². The molecule has 1 N–H and O–H groups in total. The standard InChI is InChI=1S/C25H27FN2O4/c26-24-11-5-4-10-23(24)25-13-22(32-27-25)16-28(14-19-7-2-1-3-8-19)15-20(29)17-30-18-21-9-6-12-31-21/h1-12,20,22,29H,13-18H2/t20-,22+/m1/s1. The second-order valence-corrected chi connectivity index (χ2v) is 7.88. The van der Waals surface area contributed by atoms with Crippen LogP contribution in [0.25, 0.3) is 0 Å². The monoisotopic (exact) mass is 438 g/mol. The van der Waals surface area contributed by atoms with Crippen LogP contribution in [0.5, 0.6) is 0 Å². The number of aliphatic hydroxyl groups is 1. The van der Waals surface area contributed by atoms with Gasteiger partial charge in [0.05, 0.1) is 24.7 Å². The molecule has 0 aliphatic carbocycles. The summed E-state index contributed by atoms with van der Waals surface area (Å²) in [5.74, 6) is 0.413. The zero-order valence-electron chi connectivity index (χ0n) is 17.8. The predicted molar refractivity (Wildman–Crippen MR) is 119 cm³/mol. The van der Waals surface area contributed by atoms with E-state index in [0.717, 1.165) is 11.3 Å². The van der Waals surface area contributed by atoms with Crippen LogP contribution >= 0.6 is 0 Å². The van der Waals surface area contributed by atoms with Gasteiger partial charge in [-0.05, 0) is 23.8 Å². The largest absolute Gasteiger partial charge is 0.467 e. The molecule has 2 atom stereocenters. The Morgan fingerprint density at radius 1 is 1.09 bits per heavy atom. The van der Waals surface area contributed by atoms with Gasteiger partial charge in [-0.15, -0.1) is 0 Å². The number of halogens is 1. The second kappa shape index (κ2) is 11.0. The van der Waals surface area contributed by atoms with Crippen molar-refractivity contribution in [2.75, 3.05) is 19.7 Å². The molecule has 0 bridgehead atoms. The SMILES string of the molecule is O[C@@H](COCc1ccco1)CN(Cc1ccccc1)C[C@@H]1CC(c2ccccc2F)=NO1.